The summed E-state index contributed by atoms with van der Waals surface area (Å²) in [6.45, 7) is 3.71. The molecule has 6 heteroatoms. The number of aryl methyl sites for hydroxylation is 3. The molecule has 0 radical (unpaired) electrons. The molecule has 24 heavy (non-hydrogen) atoms. The summed E-state index contributed by atoms with van der Waals surface area (Å²) < 4.78 is 1.96. The van der Waals surface area contributed by atoms with Crippen molar-refractivity contribution in [1.82, 2.24) is 24.6 Å². The summed E-state index contributed by atoms with van der Waals surface area (Å²) in [5, 5.41) is 4.27. The number of hydrogen-bond acceptors (Lipinski definition) is 3. The Bertz CT molecular complexity index is 738. The minimum absolute atomic E-state index is 0.116. The van der Waals surface area contributed by atoms with E-state index in [0.717, 1.165) is 56.7 Å². The van der Waals surface area contributed by atoms with Crippen molar-refractivity contribution >= 4 is 5.91 Å². The van der Waals surface area contributed by atoms with Crippen LogP contribution >= 0.6 is 0 Å². The lowest BCUT2D eigenvalue weighted by atomic mass is 9.87. The van der Waals surface area contributed by atoms with Gasteiger partial charge in [-0.3, -0.25) is 9.48 Å². The van der Waals surface area contributed by atoms with Gasteiger partial charge >= 0.3 is 0 Å². The lowest BCUT2D eigenvalue weighted by Gasteiger charge is -2.35. The molecule has 6 nitrogen and oxygen atoms in total. The fourth-order valence-electron chi connectivity index (χ4n) is 4.27. The van der Waals surface area contributed by atoms with Gasteiger partial charge in [-0.1, -0.05) is 0 Å². The number of aromatic amines is 1. The molecule has 1 aliphatic heterocycles. The molecule has 3 heterocycles. The van der Waals surface area contributed by atoms with E-state index in [1.165, 1.54) is 11.4 Å². The molecule has 1 unspecified atom stereocenters. The summed E-state index contributed by atoms with van der Waals surface area (Å²) in [4.78, 5) is 22.8. The lowest BCUT2D eigenvalue weighted by molar-refractivity contribution is -0.137. The summed E-state index contributed by atoms with van der Waals surface area (Å²) in [6, 6.07) is 2.10. The second-order valence-electron chi connectivity index (χ2n) is 7.17. The fourth-order valence-corrected chi connectivity index (χ4v) is 4.27. The number of hydrogen-bond donors (Lipinski definition) is 1. The van der Waals surface area contributed by atoms with Gasteiger partial charge in [0.25, 0.3) is 0 Å². The molecule has 2 aromatic rings. The number of amides is 1. The normalized spacial score (nSPS) is 21.8. The molecule has 1 saturated heterocycles. The quantitative estimate of drug-likeness (QED) is 0.917. The second kappa shape index (κ2) is 6.07. The summed E-state index contributed by atoms with van der Waals surface area (Å²) >= 11 is 0. The first-order valence-corrected chi connectivity index (χ1v) is 8.93. The van der Waals surface area contributed by atoms with Gasteiger partial charge in [0.2, 0.25) is 5.91 Å². The summed E-state index contributed by atoms with van der Waals surface area (Å²) in [6.07, 6.45) is 6.59. The molecular weight excluding hydrogens is 302 g/mol. The van der Waals surface area contributed by atoms with Crippen LogP contribution in [0.5, 0.6) is 0 Å². The van der Waals surface area contributed by atoms with Crippen LogP contribution in [-0.4, -0.2) is 43.6 Å². The molecule has 2 aliphatic rings. The Labute approximate surface area is 142 Å². The second-order valence-corrected chi connectivity index (χ2v) is 7.17. The van der Waals surface area contributed by atoms with Gasteiger partial charge in [-0.2, -0.15) is 5.10 Å². The molecule has 1 amide bonds. The van der Waals surface area contributed by atoms with E-state index in [0.29, 0.717) is 11.8 Å². The molecule has 1 N–H and O–H groups in total. The zero-order valence-electron chi connectivity index (χ0n) is 14.5. The minimum Gasteiger partial charge on any atom is -0.346 e. The number of rotatable bonds is 2. The molecule has 0 saturated carbocycles. The maximum atomic E-state index is 12.9. The predicted octanol–water partition coefficient (Wildman–Crippen LogP) is 1.96. The third-order valence-corrected chi connectivity index (χ3v) is 5.60. The van der Waals surface area contributed by atoms with Gasteiger partial charge in [-0.25, -0.2) is 4.98 Å². The van der Waals surface area contributed by atoms with Crippen molar-refractivity contribution in [1.29, 1.82) is 0 Å². The molecule has 0 aromatic carbocycles. The number of H-pyrrole nitrogens is 1. The highest BCUT2D eigenvalue weighted by molar-refractivity contribution is 5.79. The highest BCUT2D eigenvalue weighted by Crippen LogP contribution is 2.30. The number of nitrogens with zero attached hydrogens (tertiary/aromatic N) is 4. The fraction of sp³-hybridized carbons (Fsp3) is 0.611. The van der Waals surface area contributed by atoms with Crippen LogP contribution in [0.1, 0.15) is 48.1 Å². The first kappa shape index (κ1) is 15.4. The van der Waals surface area contributed by atoms with E-state index in [1.807, 2.05) is 24.9 Å². The molecule has 2 aromatic heterocycles. The van der Waals surface area contributed by atoms with E-state index in [2.05, 4.69) is 26.0 Å². The van der Waals surface area contributed by atoms with Gasteiger partial charge < -0.3 is 9.88 Å². The Morgan fingerprint density at radius 2 is 2.08 bits per heavy atom. The highest BCUT2D eigenvalue weighted by Gasteiger charge is 2.32. The van der Waals surface area contributed by atoms with E-state index < -0.39 is 0 Å². The summed E-state index contributed by atoms with van der Waals surface area (Å²) in [5.74, 6) is 1.93. The van der Waals surface area contributed by atoms with Crippen LogP contribution in [0.3, 0.4) is 0 Å². The summed E-state index contributed by atoms with van der Waals surface area (Å²) in [7, 11) is 2.00. The van der Waals surface area contributed by atoms with E-state index in [-0.39, 0.29) is 5.92 Å². The Kier molecular flexibility index (Phi) is 3.90. The zero-order chi connectivity index (χ0) is 16.7. The topological polar surface area (TPSA) is 66.8 Å². The van der Waals surface area contributed by atoms with E-state index in [1.54, 1.807) is 0 Å². The lowest BCUT2D eigenvalue weighted by Crippen LogP contribution is -2.43. The molecule has 1 aliphatic carbocycles. The third-order valence-electron chi connectivity index (χ3n) is 5.60. The molecule has 0 spiro atoms. The van der Waals surface area contributed by atoms with Crippen molar-refractivity contribution in [2.45, 2.75) is 44.9 Å². The Morgan fingerprint density at radius 1 is 1.29 bits per heavy atom. The van der Waals surface area contributed by atoms with Crippen molar-refractivity contribution < 1.29 is 4.79 Å². The third kappa shape index (κ3) is 2.74. The Hall–Kier alpha value is -2.11. The standard InChI is InChI=1S/C18H25N5O/c1-12-20-15-4-3-14(11-16(15)21-12)18(24)23-9-6-13(7-10-23)17-5-8-19-22(17)2/h5,8,13-14H,3-4,6-7,9-11H2,1-2H3,(H,20,21). The van der Waals surface area contributed by atoms with Crippen LogP contribution in [0.15, 0.2) is 12.3 Å². The van der Waals surface area contributed by atoms with Crippen molar-refractivity contribution in [3.8, 4) is 0 Å². The Morgan fingerprint density at radius 3 is 2.79 bits per heavy atom. The van der Waals surface area contributed by atoms with E-state index in [9.17, 15) is 4.79 Å². The monoisotopic (exact) mass is 327 g/mol. The number of carbonyl (C=O) groups is 1. The van der Waals surface area contributed by atoms with Crippen LogP contribution < -0.4 is 0 Å². The minimum atomic E-state index is 0.116. The van der Waals surface area contributed by atoms with Crippen LogP contribution in [0.25, 0.3) is 0 Å². The number of piperidine rings is 1. The largest absolute Gasteiger partial charge is 0.346 e. The van der Waals surface area contributed by atoms with Gasteiger partial charge in [-0.05, 0) is 38.7 Å². The predicted molar refractivity (Wildman–Crippen MR) is 90.6 cm³/mol. The molecule has 128 valence electrons. The number of fused-ring (bicyclic) bond motifs is 1. The van der Waals surface area contributed by atoms with Crippen molar-refractivity contribution in [2.75, 3.05) is 13.1 Å². The molecular formula is C18H25N5O. The first-order chi connectivity index (χ1) is 11.6. The van der Waals surface area contributed by atoms with Crippen molar-refractivity contribution in [3.63, 3.8) is 0 Å². The highest BCUT2D eigenvalue weighted by atomic mass is 16.2. The van der Waals surface area contributed by atoms with Crippen LogP contribution in [-0.2, 0) is 24.7 Å². The van der Waals surface area contributed by atoms with Gasteiger partial charge in [0.1, 0.15) is 5.82 Å². The van der Waals surface area contributed by atoms with Crippen LogP contribution in [0.2, 0.25) is 0 Å². The average Bonchev–Trinajstić information content (AvgIpc) is 3.18. The molecule has 0 bridgehead atoms. The van der Waals surface area contributed by atoms with Gasteiger partial charge in [-0.15, -0.1) is 0 Å². The van der Waals surface area contributed by atoms with Gasteiger partial charge in [0.05, 0.1) is 5.69 Å². The van der Waals surface area contributed by atoms with Crippen molar-refractivity contribution in [2.24, 2.45) is 13.0 Å². The maximum absolute atomic E-state index is 12.9. The van der Waals surface area contributed by atoms with Gasteiger partial charge in [0.15, 0.2) is 0 Å². The number of carbonyl (C=O) groups excluding carboxylic acids is 1. The number of imidazole rings is 1. The Balaban J connectivity index is 1.38. The SMILES string of the molecule is Cc1nc2c([nH]1)CC(C(=O)N1CCC(c3ccnn3C)CC1)CC2. The summed E-state index contributed by atoms with van der Waals surface area (Å²) in [5.41, 5.74) is 3.62. The molecule has 1 atom stereocenters. The number of likely N-dealkylation sites (tertiary alicyclic amines) is 1. The number of aromatic nitrogens is 4. The van der Waals surface area contributed by atoms with Crippen molar-refractivity contribution in [3.05, 3.63) is 35.2 Å². The number of nitrogens with one attached hydrogen (secondary N) is 1. The van der Waals surface area contributed by atoms with E-state index >= 15 is 0 Å². The average molecular weight is 327 g/mol. The molecule has 1 fully saturated rings. The maximum Gasteiger partial charge on any atom is 0.226 e. The smallest absolute Gasteiger partial charge is 0.226 e. The van der Waals surface area contributed by atoms with Crippen LogP contribution in [0.4, 0.5) is 0 Å². The van der Waals surface area contributed by atoms with E-state index in [4.69, 9.17) is 0 Å². The zero-order valence-corrected chi connectivity index (χ0v) is 14.5. The first-order valence-electron chi connectivity index (χ1n) is 8.93. The van der Waals surface area contributed by atoms with Gasteiger partial charge in [0, 0.05) is 56.0 Å². The van der Waals surface area contributed by atoms with Crippen LogP contribution in [0, 0.1) is 12.8 Å². The molecule has 4 rings (SSSR count).